The number of anilines is 2. The van der Waals surface area contributed by atoms with Gasteiger partial charge in [-0.2, -0.15) is 0 Å². The van der Waals surface area contributed by atoms with Gasteiger partial charge in [-0.05, 0) is 55.0 Å². The molecule has 0 aliphatic heterocycles. The Morgan fingerprint density at radius 2 is 0.865 bits per heavy atom. The van der Waals surface area contributed by atoms with Crippen molar-refractivity contribution in [2.75, 3.05) is 10.6 Å². The third-order valence-electron chi connectivity index (χ3n) is 4.94. The quantitative estimate of drug-likeness (QED) is 0.266. The molecule has 2 rings (SSSR count). The molecule has 0 radical (unpaired) electrons. The lowest BCUT2D eigenvalue weighted by Crippen LogP contribution is -2.42. The van der Waals surface area contributed by atoms with Crippen molar-refractivity contribution in [2.45, 2.75) is 46.0 Å². The molecule has 6 amide bonds. The molecular formula is C25H30N6O6. The molecule has 0 aliphatic carbocycles. The third kappa shape index (κ3) is 10.2. The van der Waals surface area contributed by atoms with Crippen LogP contribution in [0.1, 0.15) is 66.7 Å². The summed E-state index contributed by atoms with van der Waals surface area (Å²) < 4.78 is 0. The Labute approximate surface area is 213 Å². The van der Waals surface area contributed by atoms with Crippen LogP contribution in [0.5, 0.6) is 0 Å². The van der Waals surface area contributed by atoms with Gasteiger partial charge in [-0.1, -0.05) is 13.8 Å². The average Bonchev–Trinajstić information content (AvgIpc) is 2.91. The molecule has 0 unspecified atom stereocenters. The smallest absolute Gasteiger partial charge is 0.269 e. The Morgan fingerprint density at radius 1 is 0.514 bits per heavy atom. The first-order chi connectivity index (χ1) is 17.7. The maximum atomic E-state index is 12.1. The van der Waals surface area contributed by atoms with E-state index in [2.05, 4.69) is 32.3 Å². The van der Waals surface area contributed by atoms with Gasteiger partial charge < -0.3 is 10.6 Å². The summed E-state index contributed by atoms with van der Waals surface area (Å²) in [7, 11) is 0. The monoisotopic (exact) mass is 510 g/mol. The largest absolute Gasteiger partial charge is 0.326 e. The van der Waals surface area contributed by atoms with Crippen molar-refractivity contribution in [1.29, 1.82) is 0 Å². The normalized spacial score (nSPS) is 10.0. The first-order valence-corrected chi connectivity index (χ1v) is 11.7. The predicted molar refractivity (Wildman–Crippen MR) is 136 cm³/mol. The number of nitrogens with one attached hydrogen (secondary N) is 6. The summed E-state index contributed by atoms with van der Waals surface area (Å²) >= 11 is 0. The van der Waals surface area contributed by atoms with Crippen LogP contribution in [-0.2, 0) is 19.2 Å². The zero-order valence-corrected chi connectivity index (χ0v) is 20.6. The van der Waals surface area contributed by atoms with Crippen LogP contribution in [0.25, 0.3) is 0 Å². The van der Waals surface area contributed by atoms with Gasteiger partial charge in [0, 0.05) is 48.2 Å². The van der Waals surface area contributed by atoms with E-state index in [-0.39, 0.29) is 42.2 Å². The van der Waals surface area contributed by atoms with E-state index in [9.17, 15) is 28.8 Å². The summed E-state index contributed by atoms with van der Waals surface area (Å²) in [4.78, 5) is 70.9. The van der Waals surface area contributed by atoms with Crippen LogP contribution in [0.2, 0.25) is 0 Å². The number of carbonyl (C=O) groups is 6. The highest BCUT2D eigenvalue weighted by atomic mass is 16.2. The Bertz CT molecular complexity index is 1040. The van der Waals surface area contributed by atoms with E-state index in [1.165, 1.54) is 24.3 Å². The van der Waals surface area contributed by atoms with E-state index in [0.29, 0.717) is 24.2 Å². The number of hydrogen-bond donors (Lipinski definition) is 6. The molecule has 0 fully saturated rings. The van der Waals surface area contributed by atoms with Crippen molar-refractivity contribution in [3.05, 3.63) is 59.7 Å². The number of rotatable bonds is 10. The number of carbonyl (C=O) groups excluding carboxylic acids is 6. The van der Waals surface area contributed by atoms with Gasteiger partial charge in [-0.15, -0.1) is 0 Å². The maximum Gasteiger partial charge on any atom is 0.269 e. The molecule has 0 aliphatic rings. The lowest BCUT2D eigenvalue weighted by molar-refractivity contribution is -0.123. The lowest BCUT2D eigenvalue weighted by atomic mass is 10.2. The summed E-state index contributed by atoms with van der Waals surface area (Å²) in [5, 5.41) is 5.33. The van der Waals surface area contributed by atoms with Crippen molar-refractivity contribution in [2.24, 2.45) is 0 Å². The predicted octanol–water partition coefficient (Wildman–Crippen LogP) is 1.78. The fourth-order valence-corrected chi connectivity index (χ4v) is 2.84. The van der Waals surface area contributed by atoms with E-state index in [0.717, 1.165) is 0 Å². The fourth-order valence-electron chi connectivity index (χ4n) is 2.84. The topological polar surface area (TPSA) is 175 Å². The summed E-state index contributed by atoms with van der Waals surface area (Å²) in [6.45, 7) is 3.45. The van der Waals surface area contributed by atoms with Crippen LogP contribution in [-0.4, -0.2) is 35.4 Å². The molecule has 2 aromatic carbocycles. The SMILES string of the molecule is CCC(=O)Nc1ccc(C(=O)NNC(=O)CCCC(=O)NNC(=O)c2ccc(NC(=O)CC)cc2)cc1. The van der Waals surface area contributed by atoms with Crippen molar-refractivity contribution >= 4 is 46.8 Å². The summed E-state index contributed by atoms with van der Waals surface area (Å²) in [5.41, 5.74) is 10.8. The van der Waals surface area contributed by atoms with Crippen LogP contribution in [0.4, 0.5) is 11.4 Å². The highest BCUT2D eigenvalue weighted by molar-refractivity contribution is 5.97. The molecule has 0 saturated carbocycles. The number of amides is 6. The van der Waals surface area contributed by atoms with Crippen LogP contribution in [0.3, 0.4) is 0 Å². The summed E-state index contributed by atoms with van der Waals surface area (Å²) in [6.07, 6.45) is 0.784. The zero-order chi connectivity index (χ0) is 27.2. The second-order valence-electron chi connectivity index (χ2n) is 7.82. The molecule has 0 spiro atoms. The third-order valence-corrected chi connectivity index (χ3v) is 4.94. The van der Waals surface area contributed by atoms with Gasteiger partial charge >= 0.3 is 0 Å². The average molecular weight is 511 g/mol. The lowest BCUT2D eigenvalue weighted by Gasteiger charge is -2.09. The first-order valence-electron chi connectivity index (χ1n) is 11.7. The number of hydrogen-bond acceptors (Lipinski definition) is 6. The van der Waals surface area contributed by atoms with E-state index in [1.807, 2.05) is 0 Å². The molecule has 0 bridgehead atoms. The van der Waals surface area contributed by atoms with E-state index >= 15 is 0 Å². The van der Waals surface area contributed by atoms with Gasteiger partial charge in [0.25, 0.3) is 11.8 Å². The van der Waals surface area contributed by atoms with Gasteiger partial charge in [-0.25, -0.2) is 0 Å². The van der Waals surface area contributed by atoms with Crippen LogP contribution < -0.4 is 32.3 Å². The van der Waals surface area contributed by atoms with E-state index < -0.39 is 23.6 Å². The molecule has 6 N–H and O–H groups in total. The number of benzene rings is 2. The van der Waals surface area contributed by atoms with E-state index in [4.69, 9.17) is 0 Å². The molecule has 0 saturated heterocycles. The van der Waals surface area contributed by atoms with Gasteiger partial charge in [-0.3, -0.25) is 50.5 Å². The first kappa shape index (κ1) is 28.5. The minimum atomic E-state index is -0.539. The number of hydrazine groups is 2. The molecule has 37 heavy (non-hydrogen) atoms. The van der Waals surface area contributed by atoms with Gasteiger partial charge in [0.05, 0.1) is 0 Å². The second kappa shape index (κ2) is 14.6. The highest BCUT2D eigenvalue weighted by Crippen LogP contribution is 2.11. The van der Waals surface area contributed by atoms with Crippen molar-refractivity contribution in [3.63, 3.8) is 0 Å². The van der Waals surface area contributed by atoms with Crippen molar-refractivity contribution in [3.8, 4) is 0 Å². The van der Waals surface area contributed by atoms with Crippen LogP contribution in [0, 0.1) is 0 Å². The van der Waals surface area contributed by atoms with Crippen molar-refractivity contribution < 1.29 is 28.8 Å². The summed E-state index contributed by atoms with van der Waals surface area (Å²) in [5.74, 6) is -2.36. The molecule has 196 valence electrons. The summed E-state index contributed by atoms with van der Waals surface area (Å²) in [6, 6.07) is 12.3. The molecule has 0 atom stereocenters. The fraction of sp³-hybridized carbons (Fsp3) is 0.280. The molecule has 2 aromatic rings. The zero-order valence-electron chi connectivity index (χ0n) is 20.6. The molecule has 12 nitrogen and oxygen atoms in total. The maximum absolute atomic E-state index is 12.1. The minimum Gasteiger partial charge on any atom is -0.326 e. The minimum absolute atomic E-state index is 0.0332. The Hall–Kier alpha value is -4.74. The molecule has 12 heteroatoms. The Morgan fingerprint density at radius 3 is 1.19 bits per heavy atom. The standard InChI is InChI=1S/C25H30N6O6/c1-3-20(32)26-18-12-8-16(9-13-18)24(36)30-28-22(34)6-5-7-23(35)29-31-25(37)17-10-14-19(15-11-17)27-21(33)4-2/h8-15H,3-7H2,1-2H3,(H,26,32)(H,27,33)(H,28,34)(H,29,35)(H,30,36)(H,31,37). The molecular weight excluding hydrogens is 480 g/mol. The van der Waals surface area contributed by atoms with Crippen LogP contribution in [0.15, 0.2) is 48.5 Å². The highest BCUT2D eigenvalue weighted by Gasteiger charge is 2.11. The Kier molecular flexibility index (Phi) is 11.3. The molecule has 0 aromatic heterocycles. The van der Waals surface area contributed by atoms with Crippen molar-refractivity contribution in [1.82, 2.24) is 21.7 Å². The van der Waals surface area contributed by atoms with Gasteiger partial charge in [0.15, 0.2) is 0 Å². The Balaban J connectivity index is 1.64. The van der Waals surface area contributed by atoms with Crippen LogP contribution >= 0.6 is 0 Å². The van der Waals surface area contributed by atoms with E-state index in [1.54, 1.807) is 38.1 Å². The second-order valence-corrected chi connectivity index (χ2v) is 7.82. The molecule has 0 heterocycles. The van der Waals surface area contributed by atoms with Gasteiger partial charge in [0.2, 0.25) is 23.6 Å². The van der Waals surface area contributed by atoms with Gasteiger partial charge in [0.1, 0.15) is 0 Å².